The highest BCUT2D eigenvalue weighted by atomic mass is 31.2. The van der Waals surface area contributed by atoms with E-state index in [4.69, 9.17) is 23.3 Å². The summed E-state index contributed by atoms with van der Waals surface area (Å²) in [7, 11) is 1.85. The molecular formula is C33H65NO7P+. The van der Waals surface area contributed by atoms with Crippen molar-refractivity contribution in [2.45, 2.75) is 122 Å². The molecule has 0 bridgehead atoms. The minimum absolute atomic E-state index is 0.157. The second-order valence-electron chi connectivity index (χ2n) is 12.4. The lowest BCUT2D eigenvalue weighted by atomic mass is 10.0. The molecule has 0 amide bonds. The van der Waals surface area contributed by atoms with Crippen LogP contribution in [-0.4, -0.2) is 90.6 Å². The highest BCUT2D eigenvalue weighted by Crippen LogP contribution is 2.44. The number of carbonyl (C=O) groups is 1. The van der Waals surface area contributed by atoms with Crippen LogP contribution in [0.15, 0.2) is 11.6 Å². The maximum atomic E-state index is 12.8. The van der Waals surface area contributed by atoms with E-state index < -0.39 is 7.60 Å². The van der Waals surface area contributed by atoms with E-state index in [0.717, 1.165) is 19.4 Å². The van der Waals surface area contributed by atoms with Crippen LogP contribution < -0.4 is 0 Å². The molecule has 248 valence electrons. The van der Waals surface area contributed by atoms with Gasteiger partial charge in [0.1, 0.15) is 25.8 Å². The monoisotopic (exact) mass is 618 g/mol. The summed E-state index contributed by atoms with van der Waals surface area (Å²) in [6.07, 6.45) is 24.1. The first-order chi connectivity index (χ1) is 20.2. The Morgan fingerprint density at radius 1 is 0.833 bits per heavy atom. The summed E-state index contributed by atoms with van der Waals surface area (Å²) < 4.78 is 40.8. The van der Waals surface area contributed by atoms with Crippen molar-refractivity contribution in [1.82, 2.24) is 0 Å². The normalized spacial score (nSPS) is 19.3. The lowest BCUT2D eigenvalue weighted by molar-refractivity contribution is -0.906. The molecule has 0 aromatic rings. The van der Waals surface area contributed by atoms with Gasteiger partial charge in [-0.15, -0.1) is 0 Å². The SMILES string of the molecule is CCCCCCCCCCCCCCCCCCOCC(COP(C)(=O)OCC[N+]1(C)CCC=C(C(=O)OC)C1)OC. The Labute approximate surface area is 258 Å². The molecule has 1 aliphatic heterocycles. The molecule has 0 aromatic heterocycles. The number of hydrogen-bond acceptors (Lipinski definition) is 7. The molecule has 3 atom stereocenters. The Balaban J connectivity index is 2.00. The standard InChI is InChI=1S/C33H65NO7P/c1-6-7-8-9-10-11-12-13-14-15-16-17-18-19-20-21-26-39-29-32(37-3)30-41-42(5,36)40-27-25-34(2)24-22-23-31(28-34)33(35)38-4/h23,32H,6-22,24-30H2,1-5H3/q+1. The Morgan fingerprint density at radius 3 is 1.90 bits per heavy atom. The van der Waals surface area contributed by atoms with Crippen molar-refractivity contribution in [1.29, 1.82) is 0 Å². The zero-order valence-corrected chi connectivity index (χ0v) is 28.8. The van der Waals surface area contributed by atoms with Crippen molar-refractivity contribution in [2.75, 3.05) is 74.0 Å². The molecule has 0 N–H and O–H groups in total. The number of ether oxygens (including phenoxy) is 3. The maximum absolute atomic E-state index is 12.8. The van der Waals surface area contributed by atoms with Crippen LogP contribution in [0.25, 0.3) is 0 Å². The molecule has 9 heteroatoms. The number of carbonyl (C=O) groups excluding carboxylic acids is 1. The summed E-state index contributed by atoms with van der Waals surface area (Å²) in [5, 5.41) is 0. The smallest absolute Gasteiger partial charge is 0.339 e. The van der Waals surface area contributed by atoms with Gasteiger partial charge >= 0.3 is 13.6 Å². The Kier molecular flexibility index (Phi) is 22.9. The first-order valence-electron chi connectivity index (χ1n) is 16.8. The lowest BCUT2D eigenvalue weighted by Gasteiger charge is -2.37. The van der Waals surface area contributed by atoms with Crippen LogP contribution in [0, 0.1) is 0 Å². The fourth-order valence-electron chi connectivity index (χ4n) is 5.41. The van der Waals surface area contributed by atoms with Crippen molar-refractivity contribution in [3.05, 3.63) is 11.6 Å². The molecular weight excluding hydrogens is 553 g/mol. The van der Waals surface area contributed by atoms with Crippen LogP contribution in [0.3, 0.4) is 0 Å². The summed E-state index contributed by atoms with van der Waals surface area (Å²) in [6.45, 7) is 7.43. The first-order valence-corrected chi connectivity index (χ1v) is 18.8. The second-order valence-corrected chi connectivity index (χ2v) is 14.4. The first kappa shape index (κ1) is 39.3. The fraction of sp³-hybridized carbons (Fsp3) is 0.909. The van der Waals surface area contributed by atoms with E-state index in [-0.39, 0.29) is 25.3 Å². The van der Waals surface area contributed by atoms with Crippen molar-refractivity contribution in [2.24, 2.45) is 0 Å². The van der Waals surface area contributed by atoms with Gasteiger partial charge in [0.25, 0.3) is 0 Å². The van der Waals surface area contributed by atoms with E-state index in [2.05, 4.69) is 14.0 Å². The van der Waals surface area contributed by atoms with E-state index in [1.165, 1.54) is 110 Å². The molecule has 0 saturated carbocycles. The number of methoxy groups -OCH3 is 2. The Hall–Kier alpha value is -0.760. The van der Waals surface area contributed by atoms with Crippen LogP contribution >= 0.6 is 7.60 Å². The van der Waals surface area contributed by atoms with Crippen LogP contribution in [0.1, 0.15) is 116 Å². The Morgan fingerprint density at radius 2 is 1.38 bits per heavy atom. The molecule has 0 aromatic carbocycles. The zero-order valence-electron chi connectivity index (χ0n) is 27.9. The molecule has 1 rings (SSSR count). The number of esters is 1. The van der Waals surface area contributed by atoms with Crippen LogP contribution in [0.4, 0.5) is 0 Å². The van der Waals surface area contributed by atoms with Crippen LogP contribution in [-0.2, 0) is 32.6 Å². The fourth-order valence-corrected chi connectivity index (χ4v) is 6.33. The topological polar surface area (TPSA) is 80.3 Å². The van der Waals surface area contributed by atoms with Gasteiger partial charge in [-0.1, -0.05) is 109 Å². The molecule has 3 unspecified atom stereocenters. The quantitative estimate of drug-likeness (QED) is 0.0379. The number of quaternary nitrogens is 1. The molecule has 0 fully saturated rings. The average Bonchev–Trinajstić information content (AvgIpc) is 2.97. The van der Waals surface area contributed by atoms with Gasteiger partial charge in [-0.2, -0.15) is 0 Å². The molecule has 1 aliphatic rings. The number of rotatable bonds is 28. The van der Waals surface area contributed by atoms with E-state index in [0.29, 0.717) is 36.4 Å². The molecule has 0 saturated heterocycles. The molecule has 0 spiro atoms. The predicted octanol–water partition coefficient (Wildman–Crippen LogP) is 8.09. The van der Waals surface area contributed by atoms with E-state index >= 15 is 0 Å². The highest BCUT2D eigenvalue weighted by molar-refractivity contribution is 7.52. The highest BCUT2D eigenvalue weighted by Gasteiger charge is 2.31. The van der Waals surface area contributed by atoms with Crippen molar-refractivity contribution >= 4 is 13.6 Å². The van der Waals surface area contributed by atoms with Gasteiger partial charge < -0.3 is 27.7 Å². The van der Waals surface area contributed by atoms with Gasteiger partial charge in [0.05, 0.1) is 39.5 Å². The maximum Gasteiger partial charge on any atom is 0.339 e. The molecule has 0 aliphatic carbocycles. The second kappa shape index (κ2) is 24.5. The van der Waals surface area contributed by atoms with E-state index in [1.54, 1.807) is 7.11 Å². The van der Waals surface area contributed by atoms with Crippen molar-refractivity contribution < 1.29 is 37.1 Å². The zero-order chi connectivity index (χ0) is 30.9. The number of nitrogens with zero attached hydrogens (tertiary/aromatic N) is 1. The summed E-state index contributed by atoms with van der Waals surface area (Å²) in [6, 6.07) is 0. The third kappa shape index (κ3) is 20.2. The predicted molar refractivity (Wildman–Crippen MR) is 172 cm³/mol. The molecule has 0 radical (unpaired) electrons. The molecule has 1 heterocycles. The van der Waals surface area contributed by atoms with Gasteiger partial charge in [0.2, 0.25) is 0 Å². The van der Waals surface area contributed by atoms with Gasteiger partial charge in [0, 0.05) is 26.8 Å². The average molecular weight is 619 g/mol. The molecule has 8 nitrogen and oxygen atoms in total. The van der Waals surface area contributed by atoms with E-state index in [1.807, 2.05) is 6.08 Å². The summed E-state index contributed by atoms with van der Waals surface area (Å²) in [4.78, 5) is 11.9. The minimum atomic E-state index is -3.23. The number of hydrogen-bond donors (Lipinski definition) is 0. The third-order valence-corrected chi connectivity index (χ3v) is 9.56. The van der Waals surface area contributed by atoms with Gasteiger partial charge in [-0.25, -0.2) is 4.79 Å². The third-order valence-electron chi connectivity index (χ3n) is 8.29. The number of unbranched alkanes of at least 4 members (excludes halogenated alkanes) is 15. The van der Waals surface area contributed by atoms with Gasteiger partial charge in [0.15, 0.2) is 0 Å². The van der Waals surface area contributed by atoms with Crippen molar-refractivity contribution in [3.8, 4) is 0 Å². The van der Waals surface area contributed by atoms with Gasteiger partial charge in [-0.05, 0) is 6.42 Å². The van der Waals surface area contributed by atoms with Gasteiger partial charge in [-0.3, -0.25) is 4.57 Å². The lowest BCUT2D eigenvalue weighted by Crippen LogP contribution is -2.50. The van der Waals surface area contributed by atoms with Crippen molar-refractivity contribution in [3.63, 3.8) is 0 Å². The summed E-state index contributed by atoms with van der Waals surface area (Å²) in [5.41, 5.74) is 0.685. The Bertz CT molecular complexity index is 763. The number of likely N-dealkylation sites (N-methyl/N-ethyl adjacent to an activating group) is 1. The van der Waals surface area contributed by atoms with Crippen LogP contribution in [0.5, 0.6) is 0 Å². The largest absolute Gasteiger partial charge is 0.465 e. The summed E-state index contributed by atoms with van der Waals surface area (Å²) in [5.74, 6) is -0.285. The van der Waals surface area contributed by atoms with E-state index in [9.17, 15) is 9.36 Å². The molecule has 42 heavy (non-hydrogen) atoms. The minimum Gasteiger partial charge on any atom is -0.465 e. The summed E-state index contributed by atoms with van der Waals surface area (Å²) >= 11 is 0. The van der Waals surface area contributed by atoms with Crippen LogP contribution in [0.2, 0.25) is 0 Å².